The molecule has 1 aromatic carbocycles. The highest BCUT2D eigenvalue weighted by atomic mass is 14.3. The highest BCUT2D eigenvalue weighted by molar-refractivity contribution is 5.20. The Balaban J connectivity index is 1.83. The molecule has 0 saturated heterocycles. The van der Waals surface area contributed by atoms with Gasteiger partial charge in [0.2, 0.25) is 0 Å². The standard InChI is InChI=1S/C20H32/c1-3-5-7-10-17-13-15-19(16-14-17)20(4-2)18-11-8-6-9-12-18/h6,8-9,11-12,17,19-20H,3-5,7,10,13-16H2,1-2H3/t17-,19-,20?. The van der Waals surface area contributed by atoms with Gasteiger partial charge in [0.1, 0.15) is 0 Å². The Morgan fingerprint density at radius 1 is 0.950 bits per heavy atom. The molecule has 0 aliphatic heterocycles. The summed E-state index contributed by atoms with van der Waals surface area (Å²) >= 11 is 0. The second kappa shape index (κ2) is 8.49. The molecule has 0 amide bonds. The molecule has 0 radical (unpaired) electrons. The predicted octanol–water partition coefficient (Wildman–Crippen LogP) is 6.57. The van der Waals surface area contributed by atoms with Crippen molar-refractivity contribution in [2.24, 2.45) is 11.8 Å². The van der Waals surface area contributed by atoms with Gasteiger partial charge in [0.05, 0.1) is 0 Å². The first-order valence-electron chi connectivity index (χ1n) is 8.90. The van der Waals surface area contributed by atoms with Gasteiger partial charge in [-0.25, -0.2) is 0 Å². The number of hydrogen-bond donors (Lipinski definition) is 0. The summed E-state index contributed by atoms with van der Waals surface area (Å²) in [6.45, 7) is 4.67. The van der Waals surface area contributed by atoms with Crippen molar-refractivity contribution < 1.29 is 0 Å². The minimum absolute atomic E-state index is 0.799. The summed E-state index contributed by atoms with van der Waals surface area (Å²) in [4.78, 5) is 0. The lowest BCUT2D eigenvalue weighted by molar-refractivity contribution is 0.227. The molecule has 0 spiro atoms. The maximum absolute atomic E-state index is 2.37. The van der Waals surface area contributed by atoms with Crippen LogP contribution in [0.25, 0.3) is 0 Å². The first-order chi connectivity index (χ1) is 9.85. The fourth-order valence-electron chi connectivity index (χ4n) is 4.10. The molecule has 0 nitrogen and oxygen atoms in total. The van der Waals surface area contributed by atoms with Gasteiger partial charge in [-0.15, -0.1) is 0 Å². The average molecular weight is 272 g/mol. The minimum Gasteiger partial charge on any atom is -0.0654 e. The van der Waals surface area contributed by atoms with Crippen LogP contribution in [0, 0.1) is 11.8 Å². The molecule has 1 aliphatic carbocycles. The van der Waals surface area contributed by atoms with Crippen LogP contribution in [0.3, 0.4) is 0 Å². The van der Waals surface area contributed by atoms with Crippen molar-refractivity contribution in [3.63, 3.8) is 0 Å². The number of hydrogen-bond acceptors (Lipinski definition) is 0. The monoisotopic (exact) mass is 272 g/mol. The van der Waals surface area contributed by atoms with E-state index in [0.717, 1.165) is 17.8 Å². The third-order valence-electron chi connectivity index (χ3n) is 5.34. The topological polar surface area (TPSA) is 0 Å². The molecule has 1 aromatic rings. The van der Waals surface area contributed by atoms with Crippen LogP contribution in [0.5, 0.6) is 0 Å². The van der Waals surface area contributed by atoms with Crippen LogP contribution in [-0.4, -0.2) is 0 Å². The molecular weight excluding hydrogens is 240 g/mol. The van der Waals surface area contributed by atoms with Crippen molar-refractivity contribution in [3.05, 3.63) is 35.9 Å². The molecule has 1 atom stereocenters. The van der Waals surface area contributed by atoms with E-state index in [1.165, 1.54) is 57.8 Å². The smallest absolute Gasteiger partial charge is 0.0136 e. The van der Waals surface area contributed by atoms with Gasteiger partial charge in [0, 0.05) is 0 Å². The summed E-state index contributed by atoms with van der Waals surface area (Å²) in [5.74, 6) is 2.77. The molecular formula is C20H32. The van der Waals surface area contributed by atoms with Crippen LogP contribution < -0.4 is 0 Å². The largest absolute Gasteiger partial charge is 0.0654 e. The van der Waals surface area contributed by atoms with Crippen molar-refractivity contribution in [2.45, 2.75) is 77.6 Å². The summed E-state index contributed by atoms with van der Waals surface area (Å²) in [5.41, 5.74) is 1.57. The molecule has 1 saturated carbocycles. The number of rotatable bonds is 7. The zero-order chi connectivity index (χ0) is 14.2. The quantitative estimate of drug-likeness (QED) is 0.493. The van der Waals surface area contributed by atoms with Gasteiger partial charge in [-0.1, -0.05) is 82.7 Å². The summed E-state index contributed by atoms with van der Waals surface area (Å²) in [6, 6.07) is 11.2. The van der Waals surface area contributed by atoms with E-state index in [-0.39, 0.29) is 0 Å². The highest BCUT2D eigenvalue weighted by Gasteiger charge is 2.27. The Kier molecular flexibility index (Phi) is 6.63. The molecule has 0 heteroatoms. The molecule has 1 aliphatic rings. The molecule has 0 N–H and O–H groups in total. The summed E-state index contributed by atoms with van der Waals surface area (Å²) in [5, 5.41) is 0. The summed E-state index contributed by atoms with van der Waals surface area (Å²) in [7, 11) is 0. The first-order valence-corrected chi connectivity index (χ1v) is 8.90. The van der Waals surface area contributed by atoms with Gasteiger partial charge in [-0.05, 0) is 42.6 Å². The van der Waals surface area contributed by atoms with E-state index in [0.29, 0.717) is 0 Å². The van der Waals surface area contributed by atoms with E-state index in [1.54, 1.807) is 5.56 Å². The maximum atomic E-state index is 2.37. The molecule has 0 bridgehead atoms. The highest BCUT2D eigenvalue weighted by Crippen LogP contribution is 2.41. The Hall–Kier alpha value is -0.780. The summed E-state index contributed by atoms with van der Waals surface area (Å²) in [6.07, 6.45) is 12.9. The van der Waals surface area contributed by atoms with Crippen LogP contribution in [-0.2, 0) is 0 Å². The first kappa shape index (κ1) is 15.6. The zero-order valence-corrected chi connectivity index (χ0v) is 13.5. The minimum atomic E-state index is 0.799. The van der Waals surface area contributed by atoms with E-state index in [2.05, 4.69) is 44.2 Å². The van der Waals surface area contributed by atoms with Crippen LogP contribution in [0.1, 0.15) is 83.1 Å². The van der Waals surface area contributed by atoms with Crippen LogP contribution in [0.4, 0.5) is 0 Å². The van der Waals surface area contributed by atoms with Crippen LogP contribution >= 0.6 is 0 Å². The third-order valence-corrected chi connectivity index (χ3v) is 5.34. The van der Waals surface area contributed by atoms with Crippen molar-refractivity contribution in [1.29, 1.82) is 0 Å². The SMILES string of the molecule is CCCCC[C@H]1CC[C@H](C(CC)c2ccccc2)CC1. The lowest BCUT2D eigenvalue weighted by Crippen LogP contribution is -2.20. The zero-order valence-electron chi connectivity index (χ0n) is 13.5. The van der Waals surface area contributed by atoms with Crippen molar-refractivity contribution in [1.82, 2.24) is 0 Å². The van der Waals surface area contributed by atoms with Crippen molar-refractivity contribution in [2.75, 3.05) is 0 Å². The van der Waals surface area contributed by atoms with E-state index in [1.807, 2.05) is 0 Å². The molecule has 2 rings (SSSR count). The second-order valence-corrected chi connectivity index (χ2v) is 6.70. The van der Waals surface area contributed by atoms with Crippen LogP contribution in [0.15, 0.2) is 30.3 Å². The third kappa shape index (κ3) is 4.36. The van der Waals surface area contributed by atoms with Gasteiger partial charge in [0.25, 0.3) is 0 Å². The number of benzene rings is 1. The Labute approximate surface area is 126 Å². The Morgan fingerprint density at radius 2 is 1.65 bits per heavy atom. The molecule has 1 fully saturated rings. The molecule has 112 valence electrons. The number of unbranched alkanes of at least 4 members (excludes halogenated alkanes) is 2. The average Bonchev–Trinajstić information content (AvgIpc) is 2.51. The Morgan fingerprint density at radius 3 is 2.25 bits per heavy atom. The molecule has 0 heterocycles. The Bertz CT molecular complexity index is 346. The summed E-state index contributed by atoms with van der Waals surface area (Å²) < 4.78 is 0. The lowest BCUT2D eigenvalue weighted by atomic mass is 9.72. The maximum Gasteiger partial charge on any atom is -0.0136 e. The van der Waals surface area contributed by atoms with Gasteiger partial charge in [-0.3, -0.25) is 0 Å². The van der Waals surface area contributed by atoms with Crippen molar-refractivity contribution >= 4 is 0 Å². The van der Waals surface area contributed by atoms with E-state index in [9.17, 15) is 0 Å². The molecule has 1 unspecified atom stereocenters. The molecule has 0 aromatic heterocycles. The van der Waals surface area contributed by atoms with Gasteiger partial charge in [0.15, 0.2) is 0 Å². The van der Waals surface area contributed by atoms with E-state index in [4.69, 9.17) is 0 Å². The fraction of sp³-hybridized carbons (Fsp3) is 0.700. The van der Waals surface area contributed by atoms with E-state index < -0.39 is 0 Å². The van der Waals surface area contributed by atoms with Crippen LogP contribution in [0.2, 0.25) is 0 Å². The van der Waals surface area contributed by atoms with Gasteiger partial charge in [-0.2, -0.15) is 0 Å². The molecule has 20 heavy (non-hydrogen) atoms. The second-order valence-electron chi connectivity index (χ2n) is 6.70. The van der Waals surface area contributed by atoms with Gasteiger partial charge >= 0.3 is 0 Å². The van der Waals surface area contributed by atoms with Gasteiger partial charge < -0.3 is 0 Å². The lowest BCUT2D eigenvalue weighted by Gasteiger charge is -2.34. The normalized spacial score (nSPS) is 24.5. The van der Waals surface area contributed by atoms with E-state index >= 15 is 0 Å². The van der Waals surface area contributed by atoms with Crippen molar-refractivity contribution in [3.8, 4) is 0 Å². The predicted molar refractivity (Wildman–Crippen MR) is 89.1 cm³/mol. The fourth-order valence-corrected chi connectivity index (χ4v) is 4.10.